The summed E-state index contributed by atoms with van der Waals surface area (Å²) in [6, 6.07) is 5.85. The number of hydrogen-bond acceptors (Lipinski definition) is 6. The molecule has 24 heavy (non-hydrogen) atoms. The Hall–Kier alpha value is -2.25. The van der Waals surface area contributed by atoms with Crippen LogP contribution in [0.15, 0.2) is 24.4 Å². The highest BCUT2D eigenvalue weighted by molar-refractivity contribution is 5.68. The Balaban J connectivity index is 1.72. The van der Waals surface area contributed by atoms with Crippen LogP contribution in [0.2, 0.25) is 0 Å². The highest BCUT2D eigenvalue weighted by Crippen LogP contribution is 2.37. The summed E-state index contributed by atoms with van der Waals surface area (Å²) in [5.74, 6) is 1.11. The molecule has 1 aromatic carbocycles. The van der Waals surface area contributed by atoms with E-state index in [0.717, 1.165) is 23.3 Å². The maximum absolute atomic E-state index is 14.2. The van der Waals surface area contributed by atoms with Crippen LogP contribution in [-0.4, -0.2) is 48.9 Å². The number of para-hydroxylation sites is 1. The summed E-state index contributed by atoms with van der Waals surface area (Å²) < 4.78 is 25.5. The Labute approximate surface area is 139 Å². The van der Waals surface area contributed by atoms with Crippen molar-refractivity contribution in [2.45, 2.75) is 12.5 Å². The standard InChI is InChI=1S/C17H19FN4O2/c18-14-10-20-16(21-17(14)22-4-6-23-7-5-22)13-3-1-2-11-8-12(9-19)24-15(11)13/h1-3,10,12H,4-9,19H2. The first-order valence-corrected chi connectivity index (χ1v) is 8.10. The van der Waals surface area contributed by atoms with Gasteiger partial charge in [0, 0.05) is 26.1 Å². The van der Waals surface area contributed by atoms with E-state index in [0.29, 0.717) is 44.5 Å². The molecule has 3 heterocycles. The third kappa shape index (κ3) is 2.70. The maximum atomic E-state index is 14.2. The van der Waals surface area contributed by atoms with Crippen LogP contribution < -0.4 is 15.4 Å². The topological polar surface area (TPSA) is 73.5 Å². The second-order valence-electron chi connectivity index (χ2n) is 5.94. The van der Waals surface area contributed by atoms with Crippen LogP contribution in [0.25, 0.3) is 11.4 Å². The highest BCUT2D eigenvalue weighted by Gasteiger charge is 2.26. The molecule has 2 N–H and O–H groups in total. The van der Waals surface area contributed by atoms with E-state index in [1.54, 1.807) is 0 Å². The third-order valence-electron chi connectivity index (χ3n) is 4.37. The fourth-order valence-electron chi connectivity index (χ4n) is 3.13. The van der Waals surface area contributed by atoms with Gasteiger partial charge in [-0.1, -0.05) is 12.1 Å². The molecule has 1 saturated heterocycles. The van der Waals surface area contributed by atoms with E-state index in [4.69, 9.17) is 15.2 Å². The van der Waals surface area contributed by atoms with Gasteiger partial charge in [0.2, 0.25) is 0 Å². The molecule has 1 aromatic heterocycles. The van der Waals surface area contributed by atoms with Crippen molar-refractivity contribution in [3.63, 3.8) is 0 Å². The minimum absolute atomic E-state index is 0.0275. The predicted molar refractivity (Wildman–Crippen MR) is 87.6 cm³/mol. The van der Waals surface area contributed by atoms with Gasteiger partial charge in [-0.05, 0) is 11.6 Å². The van der Waals surface area contributed by atoms with Crippen LogP contribution in [0.4, 0.5) is 10.2 Å². The molecule has 126 valence electrons. The molecular formula is C17H19FN4O2. The SMILES string of the molecule is NCC1Cc2cccc(-c3ncc(F)c(N4CCOCC4)n3)c2O1. The second kappa shape index (κ2) is 6.33. The molecule has 0 radical (unpaired) electrons. The summed E-state index contributed by atoms with van der Waals surface area (Å²) in [7, 11) is 0. The lowest BCUT2D eigenvalue weighted by atomic mass is 10.1. The van der Waals surface area contributed by atoms with Crippen molar-refractivity contribution in [2.75, 3.05) is 37.7 Å². The van der Waals surface area contributed by atoms with Gasteiger partial charge in [0.25, 0.3) is 0 Å². The number of fused-ring (bicyclic) bond motifs is 1. The Morgan fingerprint density at radius 3 is 2.92 bits per heavy atom. The monoisotopic (exact) mass is 330 g/mol. The molecule has 1 unspecified atom stereocenters. The molecule has 2 aliphatic rings. The Bertz CT molecular complexity index is 749. The lowest BCUT2D eigenvalue weighted by molar-refractivity contribution is 0.122. The molecule has 6 nitrogen and oxygen atoms in total. The van der Waals surface area contributed by atoms with E-state index in [1.807, 2.05) is 23.1 Å². The number of nitrogens with two attached hydrogens (primary N) is 1. The minimum Gasteiger partial charge on any atom is -0.488 e. The number of benzene rings is 1. The number of aromatic nitrogens is 2. The van der Waals surface area contributed by atoms with E-state index in [1.165, 1.54) is 6.20 Å². The first kappa shape index (κ1) is 15.3. The normalized spacial score (nSPS) is 19.9. The number of nitrogens with zero attached hydrogens (tertiary/aromatic N) is 3. The summed E-state index contributed by atoms with van der Waals surface area (Å²) in [4.78, 5) is 10.5. The summed E-state index contributed by atoms with van der Waals surface area (Å²) >= 11 is 0. The molecule has 4 rings (SSSR count). The molecule has 2 aliphatic heterocycles. The van der Waals surface area contributed by atoms with E-state index in [-0.39, 0.29) is 6.10 Å². The van der Waals surface area contributed by atoms with Crippen LogP contribution in [0, 0.1) is 5.82 Å². The van der Waals surface area contributed by atoms with Crippen molar-refractivity contribution < 1.29 is 13.9 Å². The molecular weight excluding hydrogens is 311 g/mol. The van der Waals surface area contributed by atoms with Crippen LogP contribution in [-0.2, 0) is 11.2 Å². The highest BCUT2D eigenvalue weighted by atomic mass is 19.1. The Morgan fingerprint density at radius 1 is 1.29 bits per heavy atom. The second-order valence-corrected chi connectivity index (χ2v) is 5.94. The van der Waals surface area contributed by atoms with Crippen molar-refractivity contribution >= 4 is 5.82 Å². The van der Waals surface area contributed by atoms with Crippen molar-refractivity contribution in [2.24, 2.45) is 5.73 Å². The van der Waals surface area contributed by atoms with Crippen molar-refractivity contribution in [3.8, 4) is 17.1 Å². The number of morpholine rings is 1. The number of halogens is 1. The fraction of sp³-hybridized carbons (Fsp3) is 0.412. The van der Waals surface area contributed by atoms with Crippen LogP contribution in [0.1, 0.15) is 5.56 Å². The van der Waals surface area contributed by atoms with Crippen LogP contribution in [0.3, 0.4) is 0 Å². The fourth-order valence-corrected chi connectivity index (χ4v) is 3.13. The van der Waals surface area contributed by atoms with Gasteiger partial charge in [0.05, 0.1) is 25.0 Å². The third-order valence-corrected chi connectivity index (χ3v) is 4.37. The number of rotatable bonds is 3. The quantitative estimate of drug-likeness (QED) is 0.917. The van der Waals surface area contributed by atoms with Crippen LogP contribution in [0.5, 0.6) is 5.75 Å². The largest absolute Gasteiger partial charge is 0.488 e. The number of hydrogen-bond donors (Lipinski definition) is 1. The Kier molecular flexibility index (Phi) is 4.03. The molecule has 0 spiro atoms. The first-order valence-electron chi connectivity index (χ1n) is 8.10. The average Bonchev–Trinajstić information content (AvgIpc) is 3.06. The molecule has 0 saturated carbocycles. The average molecular weight is 330 g/mol. The van der Waals surface area contributed by atoms with E-state index >= 15 is 0 Å². The molecule has 1 fully saturated rings. The zero-order valence-electron chi connectivity index (χ0n) is 13.2. The zero-order valence-corrected chi connectivity index (χ0v) is 13.2. The summed E-state index contributed by atoms with van der Waals surface area (Å²) in [6.07, 6.45) is 1.97. The number of anilines is 1. The summed E-state index contributed by atoms with van der Waals surface area (Å²) in [5, 5.41) is 0. The van der Waals surface area contributed by atoms with Gasteiger partial charge < -0.3 is 20.1 Å². The lowest BCUT2D eigenvalue weighted by Gasteiger charge is -2.28. The molecule has 1 atom stereocenters. The van der Waals surface area contributed by atoms with E-state index in [9.17, 15) is 4.39 Å². The molecule has 2 aromatic rings. The minimum atomic E-state index is -0.422. The maximum Gasteiger partial charge on any atom is 0.183 e. The van der Waals surface area contributed by atoms with Crippen LogP contribution >= 0.6 is 0 Å². The first-order chi connectivity index (χ1) is 11.8. The van der Waals surface area contributed by atoms with Gasteiger partial charge >= 0.3 is 0 Å². The predicted octanol–water partition coefficient (Wildman–Crippen LogP) is 1.38. The molecule has 7 heteroatoms. The van der Waals surface area contributed by atoms with Gasteiger partial charge in [0.15, 0.2) is 17.5 Å². The van der Waals surface area contributed by atoms with E-state index in [2.05, 4.69) is 9.97 Å². The Morgan fingerprint density at radius 2 is 2.12 bits per heavy atom. The van der Waals surface area contributed by atoms with Crippen molar-refractivity contribution in [1.29, 1.82) is 0 Å². The smallest absolute Gasteiger partial charge is 0.183 e. The number of ether oxygens (including phenoxy) is 2. The van der Waals surface area contributed by atoms with Crippen molar-refractivity contribution in [1.82, 2.24) is 9.97 Å². The summed E-state index contributed by atoms with van der Waals surface area (Å²) in [5.41, 5.74) is 7.58. The van der Waals surface area contributed by atoms with Gasteiger partial charge in [-0.3, -0.25) is 0 Å². The zero-order chi connectivity index (χ0) is 16.5. The lowest BCUT2D eigenvalue weighted by Crippen LogP contribution is -2.37. The molecule has 0 aliphatic carbocycles. The van der Waals surface area contributed by atoms with Gasteiger partial charge in [-0.25, -0.2) is 14.4 Å². The van der Waals surface area contributed by atoms with Gasteiger partial charge in [-0.2, -0.15) is 0 Å². The molecule has 0 bridgehead atoms. The van der Waals surface area contributed by atoms with E-state index < -0.39 is 5.82 Å². The van der Waals surface area contributed by atoms with Gasteiger partial charge in [-0.15, -0.1) is 0 Å². The molecule has 0 amide bonds. The summed E-state index contributed by atoms with van der Waals surface area (Å²) in [6.45, 7) is 2.83. The van der Waals surface area contributed by atoms with Gasteiger partial charge in [0.1, 0.15) is 11.9 Å². The van der Waals surface area contributed by atoms with Crippen molar-refractivity contribution in [3.05, 3.63) is 35.8 Å².